The number of hydrogen-bond acceptors (Lipinski definition) is 18. The molecule has 24 heavy (non-hydrogen) atoms. The van der Waals surface area contributed by atoms with Gasteiger partial charge in [-0.15, -0.1) is 30.7 Å². The predicted molar refractivity (Wildman–Crippen MR) is 66.6 cm³/mol. The van der Waals surface area contributed by atoms with Crippen molar-refractivity contribution in [3.8, 4) is 0 Å². The van der Waals surface area contributed by atoms with Gasteiger partial charge in [-0.1, -0.05) is 0 Å². The van der Waals surface area contributed by atoms with Crippen LogP contribution in [0.15, 0.2) is 62.0 Å². The maximum absolute atomic E-state index is 5.93. The van der Waals surface area contributed by atoms with E-state index < -0.39 is 17.4 Å². The molecule has 0 spiro atoms. The number of rotatable bonds is 3. The van der Waals surface area contributed by atoms with Crippen molar-refractivity contribution >= 4 is 0 Å². The molecule has 0 radical (unpaired) electrons. The molecule has 0 fully saturated rings. The molecule has 120 valence electrons. The minimum atomic E-state index is -1.81. The minimum Gasteiger partial charge on any atom is -0.279 e. The molecule has 4 rings (SSSR count). The Kier molecular flexibility index (Phi) is 2.64. The van der Waals surface area contributed by atoms with E-state index >= 15 is 0 Å². The molecular formula is C6H6N18. The van der Waals surface area contributed by atoms with Crippen molar-refractivity contribution in [2.75, 3.05) is 0 Å². The highest BCUT2D eigenvalue weighted by Crippen LogP contribution is 2.31. The lowest BCUT2D eigenvalue weighted by Crippen LogP contribution is -2.41. The lowest BCUT2D eigenvalue weighted by atomic mass is 10.2. The summed E-state index contributed by atoms with van der Waals surface area (Å²) in [6.45, 7) is 0. The van der Waals surface area contributed by atoms with Crippen LogP contribution in [0.2, 0.25) is 0 Å². The third-order valence-electron chi connectivity index (χ3n) is 2.93. The lowest BCUT2D eigenvalue weighted by Gasteiger charge is -2.20. The fraction of sp³-hybridized carbons (Fsp3) is 0.500. The first-order chi connectivity index (χ1) is 11.4. The van der Waals surface area contributed by atoms with Gasteiger partial charge in [0.05, 0.1) is 0 Å². The van der Waals surface area contributed by atoms with Gasteiger partial charge in [-0.25, -0.2) is 15.0 Å². The zero-order chi connectivity index (χ0) is 16.8. The normalized spacial score (nSPS) is 23.6. The molecule has 4 heterocycles. The summed E-state index contributed by atoms with van der Waals surface area (Å²) in [5, 5.41) is 41.8. The van der Waals surface area contributed by atoms with E-state index in [4.69, 9.17) is 17.2 Å². The second kappa shape index (κ2) is 4.50. The molecule has 18 nitrogen and oxygen atoms in total. The molecule has 6 N–H and O–H groups in total. The summed E-state index contributed by atoms with van der Waals surface area (Å²) in [6.07, 6.45) is 0. The van der Waals surface area contributed by atoms with Gasteiger partial charge < -0.3 is 0 Å². The molecule has 0 atom stereocenters. The first-order valence-corrected chi connectivity index (χ1v) is 6.10. The Balaban J connectivity index is 1.92. The van der Waals surface area contributed by atoms with Crippen LogP contribution >= 0.6 is 0 Å². The topological polar surface area (TPSA) is 265 Å². The molecular weight excluding hydrogens is 324 g/mol. The Labute approximate surface area is 130 Å². The van der Waals surface area contributed by atoms with E-state index in [-0.39, 0.29) is 17.5 Å². The van der Waals surface area contributed by atoms with Crippen LogP contribution in [0.4, 0.5) is 0 Å². The lowest BCUT2D eigenvalue weighted by molar-refractivity contribution is 0.383. The number of aromatic nitrogens is 3. The predicted octanol–water partition coefficient (Wildman–Crippen LogP) is -0.422. The van der Waals surface area contributed by atoms with Crippen LogP contribution in [0.3, 0.4) is 0 Å². The minimum absolute atomic E-state index is 0.197. The average molecular weight is 330 g/mol. The third-order valence-corrected chi connectivity index (χ3v) is 2.93. The van der Waals surface area contributed by atoms with Crippen LogP contribution in [-0.4, -0.2) is 15.0 Å². The smallest absolute Gasteiger partial charge is 0.279 e. The summed E-state index contributed by atoms with van der Waals surface area (Å²) in [4.78, 5) is 12.2. The number of nitrogens with zero attached hydrogens (tertiary/aromatic N) is 15. The molecule has 3 aliphatic rings. The van der Waals surface area contributed by atoms with Crippen LogP contribution in [0.5, 0.6) is 0 Å². The summed E-state index contributed by atoms with van der Waals surface area (Å²) in [5.74, 6) is -6.01. The van der Waals surface area contributed by atoms with Crippen LogP contribution in [0, 0.1) is 0 Å². The Hall–Kier alpha value is -3.51. The standard InChI is InChI=1S/C6H6N18/c7-4(13-19-20-14-4)1-10-2(5(8)15-21-22-16-5)12-3(11-1)6(9)17-23-24-18-6/h7-9H2. The largest absolute Gasteiger partial charge is 0.304 e. The van der Waals surface area contributed by atoms with Gasteiger partial charge in [-0.05, 0) is 31.3 Å². The molecule has 0 aliphatic carbocycles. The van der Waals surface area contributed by atoms with Gasteiger partial charge in [0.25, 0.3) is 0 Å². The summed E-state index contributed by atoms with van der Waals surface area (Å²) in [7, 11) is 0. The number of nitrogens with two attached hydrogens (primary N) is 3. The van der Waals surface area contributed by atoms with E-state index in [1.165, 1.54) is 0 Å². The van der Waals surface area contributed by atoms with Crippen LogP contribution in [0.1, 0.15) is 17.5 Å². The molecule has 0 amide bonds. The molecule has 0 unspecified atom stereocenters. The van der Waals surface area contributed by atoms with Gasteiger partial charge in [-0.3, -0.25) is 17.2 Å². The highest BCUT2D eigenvalue weighted by Gasteiger charge is 2.44. The Morgan fingerprint density at radius 3 is 0.833 bits per heavy atom. The van der Waals surface area contributed by atoms with Crippen molar-refractivity contribution in [3.63, 3.8) is 0 Å². The molecule has 0 saturated carbocycles. The molecule has 0 bridgehead atoms. The van der Waals surface area contributed by atoms with Crippen LogP contribution in [0.25, 0.3) is 0 Å². The average Bonchev–Trinajstić information content (AvgIpc) is 3.31. The molecule has 18 heteroatoms. The fourth-order valence-corrected chi connectivity index (χ4v) is 1.73. The van der Waals surface area contributed by atoms with Crippen molar-refractivity contribution in [3.05, 3.63) is 17.5 Å². The molecule has 0 aromatic carbocycles. The summed E-state index contributed by atoms with van der Waals surface area (Å²) in [5.41, 5.74) is 17.8. The number of hydrogen-bond donors (Lipinski definition) is 3. The van der Waals surface area contributed by atoms with Crippen LogP contribution in [-0.2, 0) is 17.4 Å². The first-order valence-electron chi connectivity index (χ1n) is 6.10. The second-order valence-electron chi connectivity index (χ2n) is 4.62. The van der Waals surface area contributed by atoms with Crippen molar-refractivity contribution in [1.29, 1.82) is 0 Å². The van der Waals surface area contributed by atoms with Crippen molar-refractivity contribution < 1.29 is 0 Å². The third kappa shape index (κ3) is 1.98. The highest BCUT2D eigenvalue weighted by molar-refractivity contribution is 5.15. The molecule has 1 aromatic rings. The van der Waals surface area contributed by atoms with Gasteiger partial charge in [-0.2, -0.15) is 0 Å². The van der Waals surface area contributed by atoms with E-state index in [9.17, 15) is 0 Å². The fourth-order valence-electron chi connectivity index (χ4n) is 1.73. The van der Waals surface area contributed by atoms with Crippen LogP contribution < -0.4 is 17.2 Å². The van der Waals surface area contributed by atoms with E-state index in [0.717, 1.165) is 0 Å². The highest BCUT2D eigenvalue weighted by atomic mass is 15.6. The maximum atomic E-state index is 5.93. The summed E-state index contributed by atoms with van der Waals surface area (Å²) in [6, 6.07) is 0. The molecule has 1 aromatic heterocycles. The van der Waals surface area contributed by atoms with Gasteiger partial charge >= 0.3 is 17.4 Å². The van der Waals surface area contributed by atoms with Gasteiger partial charge in [0.1, 0.15) is 0 Å². The second-order valence-corrected chi connectivity index (χ2v) is 4.62. The van der Waals surface area contributed by atoms with E-state index in [2.05, 4.69) is 77.0 Å². The first kappa shape index (κ1) is 14.1. The quantitative estimate of drug-likeness (QED) is 0.660. The van der Waals surface area contributed by atoms with E-state index in [0.29, 0.717) is 0 Å². The van der Waals surface area contributed by atoms with E-state index in [1.54, 1.807) is 0 Å². The molecule has 0 saturated heterocycles. The Morgan fingerprint density at radius 1 is 0.417 bits per heavy atom. The van der Waals surface area contributed by atoms with Gasteiger partial charge in [0.15, 0.2) is 0 Å². The Bertz CT molecular complexity index is 709. The van der Waals surface area contributed by atoms with E-state index in [1.807, 2.05) is 0 Å². The monoisotopic (exact) mass is 330 g/mol. The zero-order valence-electron chi connectivity index (χ0n) is 11.4. The zero-order valence-corrected chi connectivity index (χ0v) is 11.4. The van der Waals surface area contributed by atoms with Gasteiger partial charge in [0, 0.05) is 0 Å². The van der Waals surface area contributed by atoms with Crippen molar-refractivity contribution in [2.45, 2.75) is 17.4 Å². The van der Waals surface area contributed by atoms with Gasteiger partial charge in [0.2, 0.25) is 17.5 Å². The van der Waals surface area contributed by atoms with Crippen molar-refractivity contribution in [2.24, 2.45) is 79.2 Å². The van der Waals surface area contributed by atoms with Crippen molar-refractivity contribution in [1.82, 2.24) is 15.0 Å². The summed E-state index contributed by atoms with van der Waals surface area (Å²) >= 11 is 0. The SMILES string of the molecule is NC1(c2nc(C3(N)N=NN=N3)nc(C3(N)N=NN=N3)n2)N=NN=N1. The summed E-state index contributed by atoms with van der Waals surface area (Å²) < 4.78 is 0. The maximum Gasteiger partial charge on any atom is 0.304 e. The molecule has 3 aliphatic heterocycles. The Morgan fingerprint density at radius 2 is 0.625 bits per heavy atom.